The number of primary amides is 1. The van der Waals surface area contributed by atoms with Gasteiger partial charge in [-0.05, 0) is 31.5 Å². The summed E-state index contributed by atoms with van der Waals surface area (Å²) >= 11 is 0. The Kier molecular flexibility index (Phi) is 5.56. The zero-order valence-corrected chi connectivity index (χ0v) is 9.51. The van der Waals surface area contributed by atoms with Gasteiger partial charge in [-0.25, -0.2) is 8.78 Å². The molecule has 0 fully saturated rings. The van der Waals surface area contributed by atoms with Gasteiger partial charge in [-0.15, -0.1) is 0 Å². The minimum absolute atomic E-state index is 0.0439. The molecule has 17 heavy (non-hydrogen) atoms. The smallest absolute Gasteiger partial charge is 0.217 e. The summed E-state index contributed by atoms with van der Waals surface area (Å²) in [6, 6.07) is 3.79. The lowest BCUT2D eigenvalue weighted by Crippen LogP contribution is -2.17. The highest BCUT2D eigenvalue weighted by Crippen LogP contribution is 2.11. The number of carbonyl (C=O) groups excluding carboxylic acids is 1. The number of carbonyl (C=O) groups is 1. The highest BCUT2D eigenvalue weighted by molar-refractivity contribution is 5.73. The van der Waals surface area contributed by atoms with Crippen LogP contribution >= 0.6 is 0 Å². The standard InChI is InChI=1S/C12H16F2N2O/c13-10-4-3-5-11(14)9(10)8-16-7-2-1-6-12(15)17/h3-5,16H,1-2,6-8H2,(H2,15,17). The monoisotopic (exact) mass is 242 g/mol. The number of nitrogens with two attached hydrogens (primary N) is 1. The van der Waals surface area contributed by atoms with Crippen LogP contribution in [0.1, 0.15) is 24.8 Å². The molecule has 1 aromatic rings. The van der Waals surface area contributed by atoms with E-state index in [1.807, 2.05) is 0 Å². The summed E-state index contributed by atoms with van der Waals surface area (Å²) in [5.41, 5.74) is 5.02. The Morgan fingerprint density at radius 1 is 1.24 bits per heavy atom. The molecule has 0 aliphatic rings. The quantitative estimate of drug-likeness (QED) is 0.715. The predicted molar refractivity (Wildman–Crippen MR) is 61.1 cm³/mol. The third-order valence-electron chi connectivity index (χ3n) is 2.39. The number of nitrogens with one attached hydrogen (secondary N) is 1. The second kappa shape index (κ2) is 6.96. The van der Waals surface area contributed by atoms with E-state index in [9.17, 15) is 13.6 Å². The van der Waals surface area contributed by atoms with Crippen molar-refractivity contribution in [2.75, 3.05) is 6.54 Å². The van der Waals surface area contributed by atoms with Crippen LogP contribution in [-0.2, 0) is 11.3 Å². The van der Waals surface area contributed by atoms with Gasteiger partial charge in [-0.2, -0.15) is 0 Å². The number of halogens is 2. The molecule has 0 saturated carbocycles. The number of hydrogen-bond acceptors (Lipinski definition) is 2. The number of rotatable bonds is 7. The zero-order chi connectivity index (χ0) is 12.7. The highest BCUT2D eigenvalue weighted by atomic mass is 19.1. The van der Waals surface area contributed by atoms with Gasteiger partial charge in [0.1, 0.15) is 11.6 Å². The van der Waals surface area contributed by atoms with Crippen molar-refractivity contribution in [1.29, 1.82) is 0 Å². The van der Waals surface area contributed by atoms with Gasteiger partial charge in [-0.1, -0.05) is 6.07 Å². The molecule has 5 heteroatoms. The fourth-order valence-electron chi connectivity index (χ4n) is 1.46. The lowest BCUT2D eigenvalue weighted by molar-refractivity contribution is -0.118. The minimum atomic E-state index is -0.547. The van der Waals surface area contributed by atoms with Crippen molar-refractivity contribution in [3.8, 4) is 0 Å². The molecular formula is C12H16F2N2O. The maximum Gasteiger partial charge on any atom is 0.217 e. The lowest BCUT2D eigenvalue weighted by Gasteiger charge is -2.06. The molecule has 0 radical (unpaired) electrons. The van der Waals surface area contributed by atoms with Crippen LogP contribution < -0.4 is 11.1 Å². The largest absolute Gasteiger partial charge is 0.370 e. The van der Waals surface area contributed by atoms with E-state index in [1.54, 1.807) is 0 Å². The van der Waals surface area contributed by atoms with Gasteiger partial charge in [0.05, 0.1) is 0 Å². The molecule has 0 atom stereocenters. The second-order valence-electron chi connectivity index (χ2n) is 3.80. The Morgan fingerprint density at radius 3 is 2.47 bits per heavy atom. The van der Waals surface area contributed by atoms with Gasteiger partial charge in [-0.3, -0.25) is 4.79 Å². The molecule has 0 bridgehead atoms. The first-order chi connectivity index (χ1) is 8.11. The molecule has 0 aromatic heterocycles. The van der Waals surface area contributed by atoms with Crippen LogP contribution in [0.2, 0.25) is 0 Å². The first kappa shape index (κ1) is 13.6. The molecule has 1 aromatic carbocycles. The number of unbranched alkanes of at least 4 members (excludes halogenated alkanes) is 1. The topological polar surface area (TPSA) is 55.1 Å². The maximum atomic E-state index is 13.2. The normalized spacial score (nSPS) is 10.5. The molecule has 94 valence electrons. The molecule has 0 unspecified atom stereocenters. The van der Waals surface area contributed by atoms with Gasteiger partial charge in [0, 0.05) is 18.5 Å². The molecule has 0 heterocycles. The highest BCUT2D eigenvalue weighted by Gasteiger charge is 2.06. The van der Waals surface area contributed by atoms with Crippen LogP contribution in [-0.4, -0.2) is 12.5 Å². The Balaban J connectivity index is 2.24. The SMILES string of the molecule is NC(=O)CCCCNCc1c(F)cccc1F. The van der Waals surface area contributed by atoms with E-state index in [-0.39, 0.29) is 18.0 Å². The van der Waals surface area contributed by atoms with E-state index < -0.39 is 11.6 Å². The average molecular weight is 242 g/mol. The van der Waals surface area contributed by atoms with Gasteiger partial charge in [0.15, 0.2) is 0 Å². The number of hydrogen-bond donors (Lipinski definition) is 2. The lowest BCUT2D eigenvalue weighted by atomic mass is 10.2. The molecule has 0 saturated heterocycles. The van der Waals surface area contributed by atoms with Crippen molar-refractivity contribution in [3.05, 3.63) is 35.4 Å². The van der Waals surface area contributed by atoms with E-state index in [2.05, 4.69) is 5.32 Å². The maximum absolute atomic E-state index is 13.2. The zero-order valence-electron chi connectivity index (χ0n) is 9.51. The van der Waals surface area contributed by atoms with Crippen LogP contribution in [0, 0.1) is 11.6 Å². The van der Waals surface area contributed by atoms with Gasteiger partial charge in [0.25, 0.3) is 0 Å². The summed E-state index contributed by atoms with van der Waals surface area (Å²) in [5, 5.41) is 2.92. The predicted octanol–water partition coefficient (Wildman–Crippen LogP) is 1.71. The van der Waals surface area contributed by atoms with E-state index in [0.29, 0.717) is 19.4 Å². The molecule has 0 aliphatic heterocycles. The third-order valence-corrected chi connectivity index (χ3v) is 2.39. The molecule has 1 amide bonds. The molecule has 3 N–H and O–H groups in total. The number of amides is 1. The number of benzene rings is 1. The molecule has 3 nitrogen and oxygen atoms in total. The summed E-state index contributed by atoms with van der Waals surface area (Å²) in [4.78, 5) is 10.4. The van der Waals surface area contributed by atoms with Gasteiger partial charge in [0.2, 0.25) is 5.91 Å². The van der Waals surface area contributed by atoms with Crippen molar-refractivity contribution < 1.29 is 13.6 Å². The fraction of sp³-hybridized carbons (Fsp3) is 0.417. The summed E-state index contributed by atoms with van der Waals surface area (Å²) in [5.74, 6) is -1.42. The third kappa shape index (κ3) is 4.91. The average Bonchev–Trinajstić information content (AvgIpc) is 2.26. The molecule has 1 rings (SSSR count). The van der Waals surface area contributed by atoms with E-state index in [1.165, 1.54) is 18.2 Å². The van der Waals surface area contributed by atoms with Crippen molar-refractivity contribution >= 4 is 5.91 Å². The Labute approximate surface area is 99.0 Å². The first-order valence-electron chi connectivity index (χ1n) is 5.53. The Bertz CT molecular complexity index is 363. The Morgan fingerprint density at radius 2 is 1.88 bits per heavy atom. The summed E-state index contributed by atoms with van der Waals surface area (Å²) in [6.45, 7) is 0.746. The fourth-order valence-corrected chi connectivity index (χ4v) is 1.46. The molecule has 0 spiro atoms. The van der Waals surface area contributed by atoms with Crippen LogP contribution in [0.4, 0.5) is 8.78 Å². The summed E-state index contributed by atoms with van der Waals surface area (Å²) in [7, 11) is 0. The van der Waals surface area contributed by atoms with E-state index >= 15 is 0 Å². The Hall–Kier alpha value is -1.49. The molecule has 0 aliphatic carbocycles. The minimum Gasteiger partial charge on any atom is -0.370 e. The van der Waals surface area contributed by atoms with Gasteiger partial charge < -0.3 is 11.1 Å². The van der Waals surface area contributed by atoms with Gasteiger partial charge >= 0.3 is 0 Å². The van der Waals surface area contributed by atoms with Crippen molar-refractivity contribution in [2.45, 2.75) is 25.8 Å². The van der Waals surface area contributed by atoms with Crippen LogP contribution in [0.5, 0.6) is 0 Å². The van der Waals surface area contributed by atoms with Crippen molar-refractivity contribution in [3.63, 3.8) is 0 Å². The second-order valence-corrected chi connectivity index (χ2v) is 3.80. The van der Waals surface area contributed by atoms with Crippen LogP contribution in [0.15, 0.2) is 18.2 Å². The summed E-state index contributed by atoms with van der Waals surface area (Å²) in [6.07, 6.45) is 1.77. The summed E-state index contributed by atoms with van der Waals surface area (Å²) < 4.78 is 26.4. The van der Waals surface area contributed by atoms with E-state index in [4.69, 9.17) is 5.73 Å². The van der Waals surface area contributed by atoms with Crippen LogP contribution in [0.3, 0.4) is 0 Å². The van der Waals surface area contributed by atoms with Crippen LogP contribution in [0.25, 0.3) is 0 Å². The van der Waals surface area contributed by atoms with Crippen molar-refractivity contribution in [2.24, 2.45) is 5.73 Å². The molecular weight excluding hydrogens is 226 g/mol. The van der Waals surface area contributed by atoms with E-state index in [0.717, 1.165) is 6.42 Å². The first-order valence-corrected chi connectivity index (χ1v) is 5.53. The van der Waals surface area contributed by atoms with Crippen molar-refractivity contribution in [1.82, 2.24) is 5.32 Å².